The Labute approximate surface area is 225 Å². The lowest BCUT2D eigenvalue weighted by atomic mass is 10.1. The molecule has 2 heterocycles. The Balaban J connectivity index is 1.28. The summed E-state index contributed by atoms with van der Waals surface area (Å²) in [6.45, 7) is 0.337. The number of H-pyrrole nitrogens is 1. The maximum absolute atomic E-state index is 12.9. The third-order valence-corrected chi connectivity index (χ3v) is 6.61. The van der Waals surface area contributed by atoms with Gasteiger partial charge in [0.1, 0.15) is 5.70 Å². The van der Waals surface area contributed by atoms with Crippen LogP contribution in [0.15, 0.2) is 95.4 Å². The minimum absolute atomic E-state index is 0.183. The van der Waals surface area contributed by atoms with Crippen LogP contribution in [0.2, 0.25) is 0 Å². The van der Waals surface area contributed by atoms with Gasteiger partial charge in [-0.05, 0) is 81.0 Å². The van der Waals surface area contributed by atoms with Gasteiger partial charge in [0, 0.05) is 39.9 Å². The van der Waals surface area contributed by atoms with E-state index in [4.69, 9.17) is 0 Å². The molecule has 0 atom stereocenters. The van der Waals surface area contributed by atoms with Crippen LogP contribution in [-0.2, 0) is 11.3 Å². The zero-order valence-corrected chi connectivity index (χ0v) is 21.5. The predicted molar refractivity (Wildman–Crippen MR) is 148 cm³/mol. The molecule has 5 rings (SSSR count). The molecule has 5 aromatic rings. The standard InChI is InChI=1S/C29H21BrN4O4/c30-23-14-21(27(35)33-15-17-5-6-19-9-10-31-25(19)12-17)7-8-22(23)28(36)34-26(29(37)38)13-18-11-20-3-1-2-4-24(20)32-16-18/h1-14,16,31H,15H2,(H,33,35)(H,34,36)(H,37,38)/b26-13-. The monoisotopic (exact) mass is 568 g/mol. The van der Waals surface area contributed by atoms with Crippen molar-refractivity contribution in [1.29, 1.82) is 0 Å². The largest absolute Gasteiger partial charge is 0.477 e. The van der Waals surface area contributed by atoms with Crippen LogP contribution in [-0.4, -0.2) is 32.9 Å². The fourth-order valence-electron chi connectivity index (χ4n) is 4.00. The number of carboxylic acid groups (broad SMARTS) is 1. The van der Waals surface area contributed by atoms with Gasteiger partial charge >= 0.3 is 5.97 Å². The normalized spacial score (nSPS) is 11.4. The quantitative estimate of drug-likeness (QED) is 0.199. The summed E-state index contributed by atoms with van der Waals surface area (Å²) in [4.78, 5) is 44.9. The Morgan fingerprint density at radius 2 is 1.79 bits per heavy atom. The van der Waals surface area contributed by atoms with E-state index in [1.807, 2.05) is 54.7 Å². The summed E-state index contributed by atoms with van der Waals surface area (Å²) in [5.74, 6) is -2.24. The molecule has 2 amide bonds. The Bertz CT molecular complexity index is 1740. The van der Waals surface area contributed by atoms with E-state index in [9.17, 15) is 19.5 Å². The lowest BCUT2D eigenvalue weighted by Gasteiger charge is -2.10. The number of carbonyl (C=O) groups is 3. The van der Waals surface area contributed by atoms with E-state index < -0.39 is 11.9 Å². The number of hydrogen-bond donors (Lipinski definition) is 4. The lowest BCUT2D eigenvalue weighted by Crippen LogP contribution is -2.28. The molecule has 38 heavy (non-hydrogen) atoms. The van der Waals surface area contributed by atoms with Crippen molar-refractivity contribution in [2.45, 2.75) is 6.54 Å². The van der Waals surface area contributed by atoms with E-state index in [0.29, 0.717) is 22.1 Å². The smallest absolute Gasteiger partial charge is 0.352 e. The first kappa shape index (κ1) is 24.9. The van der Waals surface area contributed by atoms with Crippen LogP contribution in [0.25, 0.3) is 27.9 Å². The zero-order chi connectivity index (χ0) is 26.6. The van der Waals surface area contributed by atoms with E-state index in [1.165, 1.54) is 30.5 Å². The van der Waals surface area contributed by atoms with Crippen LogP contribution in [0.4, 0.5) is 0 Å². The Kier molecular flexibility index (Phi) is 7.01. The van der Waals surface area contributed by atoms with Gasteiger partial charge in [-0.15, -0.1) is 0 Å². The van der Waals surface area contributed by atoms with E-state index in [-0.39, 0.29) is 17.2 Å². The van der Waals surface area contributed by atoms with Crippen LogP contribution < -0.4 is 10.6 Å². The van der Waals surface area contributed by atoms with Crippen molar-refractivity contribution in [3.63, 3.8) is 0 Å². The summed E-state index contributed by atoms with van der Waals surface area (Å²) in [5.41, 5.74) is 3.47. The number of rotatable bonds is 7. The first-order chi connectivity index (χ1) is 18.4. The Morgan fingerprint density at radius 1 is 0.947 bits per heavy atom. The number of hydrogen-bond acceptors (Lipinski definition) is 4. The van der Waals surface area contributed by atoms with Gasteiger partial charge in [-0.1, -0.05) is 30.3 Å². The highest BCUT2D eigenvalue weighted by Crippen LogP contribution is 2.21. The zero-order valence-electron chi connectivity index (χ0n) is 19.9. The van der Waals surface area contributed by atoms with Crippen molar-refractivity contribution in [3.8, 4) is 0 Å². The van der Waals surface area contributed by atoms with Crippen LogP contribution in [0.5, 0.6) is 0 Å². The number of nitrogens with zero attached hydrogens (tertiary/aromatic N) is 1. The molecular formula is C29H21BrN4O4. The molecular weight excluding hydrogens is 548 g/mol. The van der Waals surface area contributed by atoms with Gasteiger partial charge in [0.25, 0.3) is 11.8 Å². The molecule has 0 spiro atoms. The van der Waals surface area contributed by atoms with Crippen LogP contribution in [0.3, 0.4) is 0 Å². The van der Waals surface area contributed by atoms with Crippen molar-refractivity contribution < 1.29 is 19.5 Å². The summed E-state index contributed by atoms with van der Waals surface area (Å²) < 4.78 is 0.354. The van der Waals surface area contributed by atoms with Gasteiger partial charge in [-0.25, -0.2) is 4.79 Å². The fourth-order valence-corrected chi connectivity index (χ4v) is 4.56. The topological polar surface area (TPSA) is 124 Å². The Hall–Kier alpha value is -4.76. The van der Waals surface area contributed by atoms with Gasteiger partial charge < -0.3 is 20.7 Å². The van der Waals surface area contributed by atoms with Crippen molar-refractivity contribution >= 4 is 61.6 Å². The number of fused-ring (bicyclic) bond motifs is 2. The average molecular weight is 569 g/mol. The SMILES string of the molecule is O=C(O)/C(=C/c1cnc2ccccc2c1)NC(=O)c1ccc(C(=O)NCc2ccc3cc[nH]c3c2)cc1Br. The number of amides is 2. The maximum Gasteiger partial charge on any atom is 0.352 e. The van der Waals surface area contributed by atoms with Crippen LogP contribution in [0.1, 0.15) is 31.8 Å². The molecule has 0 radical (unpaired) electrons. The molecule has 0 aliphatic rings. The van der Waals surface area contributed by atoms with Crippen molar-refractivity contribution in [3.05, 3.63) is 118 Å². The molecule has 0 saturated heterocycles. The summed E-state index contributed by atoms with van der Waals surface area (Å²) >= 11 is 3.33. The second-order valence-corrected chi connectivity index (χ2v) is 9.41. The molecule has 9 heteroatoms. The molecule has 188 valence electrons. The summed E-state index contributed by atoms with van der Waals surface area (Å²) in [7, 11) is 0. The number of pyridine rings is 1. The average Bonchev–Trinajstić information content (AvgIpc) is 3.39. The molecule has 3 aromatic carbocycles. The van der Waals surface area contributed by atoms with Crippen molar-refractivity contribution in [1.82, 2.24) is 20.6 Å². The molecule has 0 aliphatic carbocycles. The van der Waals surface area contributed by atoms with Crippen molar-refractivity contribution in [2.24, 2.45) is 0 Å². The van der Waals surface area contributed by atoms with Gasteiger partial charge in [0.05, 0.1) is 11.1 Å². The number of benzene rings is 3. The number of halogens is 1. The molecule has 0 unspecified atom stereocenters. The molecule has 0 fully saturated rings. The van der Waals surface area contributed by atoms with Gasteiger partial charge in [0.2, 0.25) is 0 Å². The van der Waals surface area contributed by atoms with Gasteiger partial charge in [-0.3, -0.25) is 14.6 Å². The third-order valence-electron chi connectivity index (χ3n) is 5.95. The summed E-state index contributed by atoms with van der Waals surface area (Å²) in [6, 6.07) is 21.6. The summed E-state index contributed by atoms with van der Waals surface area (Å²) in [5, 5.41) is 16.9. The van der Waals surface area contributed by atoms with Gasteiger partial charge in [0.15, 0.2) is 0 Å². The first-order valence-corrected chi connectivity index (χ1v) is 12.4. The van der Waals surface area contributed by atoms with Gasteiger partial charge in [-0.2, -0.15) is 0 Å². The second kappa shape index (κ2) is 10.7. The van der Waals surface area contributed by atoms with E-state index >= 15 is 0 Å². The highest BCUT2D eigenvalue weighted by Gasteiger charge is 2.17. The lowest BCUT2D eigenvalue weighted by molar-refractivity contribution is -0.132. The molecule has 0 aliphatic heterocycles. The second-order valence-electron chi connectivity index (χ2n) is 8.56. The number of aliphatic carboxylic acids is 1. The molecule has 4 N–H and O–H groups in total. The molecule has 0 bridgehead atoms. The first-order valence-electron chi connectivity index (χ1n) is 11.6. The van der Waals surface area contributed by atoms with E-state index in [0.717, 1.165) is 27.4 Å². The summed E-state index contributed by atoms with van der Waals surface area (Å²) in [6.07, 6.45) is 4.75. The highest BCUT2D eigenvalue weighted by atomic mass is 79.9. The van der Waals surface area contributed by atoms with Crippen LogP contribution >= 0.6 is 15.9 Å². The number of aromatic nitrogens is 2. The fraction of sp³-hybridized carbons (Fsp3) is 0.0345. The minimum atomic E-state index is -1.30. The van der Waals surface area contributed by atoms with Crippen molar-refractivity contribution in [2.75, 3.05) is 0 Å². The Morgan fingerprint density at radius 3 is 2.61 bits per heavy atom. The van der Waals surface area contributed by atoms with Crippen LogP contribution in [0, 0.1) is 0 Å². The molecule has 2 aromatic heterocycles. The van der Waals surface area contributed by atoms with E-state index in [1.54, 1.807) is 6.07 Å². The third kappa shape index (κ3) is 5.47. The number of nitrogens with one attached hydrogen (secondary N) is 3. The maximum atomic E-state index is 12.9. The number of carbonyl (C=O) groups excluding carboxylic acids is 2. The number of aromatic amines is 1. The minimum Gasteiger partial charge on any atom is -0.477 e. The molecule has 0 saturated carbocycles. The van der Waals surface area contributed by atoms with E-state index in [2.05, 4.69) is 36.5 Å². The highest BCUT2D eigenvalue weighted by molar-refractivity contribution is 9.10. The predicted octanol–water partition coefficient (Wildman–Crippen LogP) is 5.26. The number of para-hydroxylation sites is 1. The molecule has 8 nitrogen and oxygen atoms in total. The number of carboxylic acids is 1.